The number of rotatable bonds is 1. The Morgan fingerprint density at radius 3 is 2.70 bits per heavy atom. The molecule has 0 aliphatic carbocycles. The first kappa shape index (κ1) is 7.08. The van der Waals surface area contributed by atoms with E-state index in [4.69, 9.17) is 11.1 Å². The molecule has 0 bridgehead atoms. The van der Waals surface area contributed by atoms with Crippen molar-refractivity contribution in [3.63, 3.8) is 0 Å². The molecule has 0 saturated heterocycles. The van der Waals surface area contributed by atoms with Crippen LogP contribution in [-0.2, 0) is 0 Å². The van der Waals surface area contributed by atoms with Gasteiger partial charge in [-0.05, 0) is 0 Å². The van der Waals surface area contributed by atoms with Crippen molar-refractivity contribution in [2.24, 2.45) is 5.73 Å². The summed E-state index contributed by atoms with van der Waals surface area (Å²) in [6, 6.07) is 0. The van der Waals surface area contributed by atoms with Gasteiger partial charge in [-0.2, -0.15) is 0 Å². The van der Waals surface area contributed by atoms with Crippen molar-refractivity contribution in [1.29, 1.82) is 5.41 Å². The van der Waals surface area contributed by atoms with Crippen LogP contribution in [0.2, 0.25) is 0 Å². The second-order valence-electron chi connectivity index (χ2n) is 2.11. The fourth-order valence-electron chi connectivity index (χ4n) is 0.869. The fraction of sp³-hybridized carbons (Fsp3) is 0.500. The monoisotopic (exact) mass is 140 g/mol. The van der Waals surface area contributed by atoms with Crippen LogP contribution in [0, 0.1) is 5.41 Å². The predicted molar refractivity (Wildman–Crippen MR) is 40.6 cm³/mol. The lowest BCUT2D eigenvalue weighted by Crippen LogP contribution is -2.41. The molecule has 4 nitrogen and oxygen atoms in total. The summed E-state index contributed by atoms with van der Waals surface area (Å²) in [7, 11) is 0. The molecule has 1 aliphatic rings. The largest absolute Gasteiger partial charge is 0.344 e. The summed E-state index contributed by atoms with van der Waals surface area (Å²) in [5, 5.41) is 10.1. The zero-order valence-electron chi connectivity index (χ0n) is 5.80. The second kappa shape index (κ2) is 3.22. The number of hydrogen-bond donors (Lipinski definition) is 3. The maximum atomic E-state index is 7.38. The van der Waals surface area contributed by atoms with Crippen LogP contribution < -0.4 is 11.1 Å². The van der Waals surface area contributed by atoms with E-state index in [0.29, 0.717) is 12.6 Å². The van der Waals surface area contributed by atoms with E-state index in [0.717, 1.165) is 13.1 Å². The molecule has 10 heavy (non-hydrogen) atoms. The van der Waals surface area contributed by atoms with Gasteiger partial charge in [-0.3, -0.25) is 5.41 Å². The topological polar surface area (TPSA) is 65.1 Å². The Morgan fingerprint density at radius 1 is 1.60 bits per heavy atom. The van der Waals surface area contributed by atoms with Crippen LogP contribution in [0.5, 0.6) is 0 Å². The van der Waals surface area contributed by atoms with Crippen molar-refractivity contribution in [3.05, 3.63) is 12.2 Å². The number of guanidine groups is 1. The zero-order chi connectivity index (χ0) is 7.40. The Hall–Kier alpha value is -1.03. The number of hydrogen-bond acceptors (Lipinski definition) is 2. The van der Waals surface area contributed by atoms with Gasteiger partial charge < -0.3 is 16.0 Å². The van der Waals surface area contributed by atoms with Gasteiger partial charge in [0.15, 0.2) is 5.96 Å². The van der Waals surface area contributed by atoms with Gasteiger partial charge in [0, 0.05) is 13.1 Å². The molecule has 0 saturated carbocycles. The van der Waals surface area contributed by atoms with E-state index in [1.54, 1.807) is 0 Å². The molecular weight excluding hydrogens is 128 g/mol. The molecular formula is C6H12N4. The van der Waals surface area contributed by atoms with E-state index in [9.17, 15) is 0 Å². The van der Waals surface area contributed by atoms with Crippen LogP contribution in [0.3, 0.4) is 0 Å². The third-order valence-electron chi connectivity index (χ3n) is 1.40. The van der Waals surface area contributed by atoms with Gasteiger partial charge in [0.25, 0.3) is 0 Å². The SMILES string of the molecule is N=C(NCN)N1CC=CC1. The van der Waals surface area contributed by atoms with Crippen LogP contribution in [0.25, 0.3) is 0 Å². The molecule has 0 aromatic rings. The zero-order valence-corrected chi connectivity index (χ0v) is 5.80. The summed E-state index contributed by atoms with van der Waals surface area (Å²) < 4.78 is 0. The molecule has 0 atom stereocenters. The predicted octanol–water partition coefficient (Wildman–Crippen LogP) is -0.701. The van der Waals surface area contributed by atoms with E-state index in [1.807, 2.05) is 17.1 Å². The molecule has 1 heterocycles. The molecule has 0 aromatic carbocycles. The summed E-state index contributed by atoms with van der Waals surface area (Å²) in [6.07, 6.45) is 4.07. The maximum absolute atomic E-state index is 7.38. The highest BCUT2D eigenvalue weighted by atomic mass is 15.3. The number of nitrogens with one attached hydrogen (secondary N) is 2. The van der Waals surface area contributed by atoms with E-state index in [-0.39, 0.29) is 0 Å². The van der Waals surface area contributed by atoms with Gasteiger partial charge in [-0.25, -0.2) is 0 Å². The number of nitrogens with two attached hydrogens (primary N) is 1. The van der Waals surface area contributed by atoms with Gasteiger partial charge >= 0.3 is 0 Å². The average molecular weight is 140 g/mol. The Labute approximate surface area is 60.2 Å². The van der Waals surface area contributed by atoms with Crippen molar-refractivity contribution < 1.29 is 0 Å². The second-order valence-corrected chi connectivity index (χ2v) is 2.11. The third-order valence-corrected chi connectivity index (χ3v) is 1.40. The summed E-state index contributed by atoms with van der Waals surface area (Å²) in [5.41, 5.74) is 5.20. The molecule has 1 rings (SSSR count). The normalized spacial score (nSPS) is 15.9. The fourth-order valence-corrected chi connectivity index (χ4v) is 0.869. The Balaban J connectivity index is 2.28. The molecule has 0 radical (unpaired) electrons. The molecule has 4 N–H and O–H groups in total. The molecule has 56 valence electrons. The van der Waals surface area contributed by atoms with Crippen molar-refractivity contribution >= 4 is 5.96 Å². The van der Waals surface area contributed by atoms with Crippen molar-refractivity contribution in [3.8, 4) is 0 Å². The first-order chi connectivity index (χ1) is 4.84. The van der Waals surface area contributed by atoms with E-state index < -0.39 is 0 Å². The van der Waals surface area contributed by atoms with E-state index >= 15 is 0 Å². The molecule has 0 aromatic heterocycles. The lowest BCUT2D eigenvalue weighted by molar-refractivity contribution is 0.510. The van der Waals surface area contributed by atoms with Gasteiger partial charge in [-0.1, -0.05) is 12.2 Å². The first-order valence-corrected chi connectivity index (χ1v) is 3.27. The third kappa shape index (κ3) is 1.48. The van der Waals surface area contributed by atoms with Crippen LogP contribution in [0.4, 0.5) is 0 Å². The van der Waals surface area contributed by atoms with Gasteiger partial charge in [0.2, 0.25) is 0 Å². The van der Waals surface area contributed by atoms with E-state index in [1.165, 1.54) is 0 Å². The highest BCUT2D eigenvalue weighted by Gasteiger charge is 2.08. The van der Waals surface area contributed by atoms with Crippen molar-refractivity contribution in [1.82, 2.24) is 10.2 Å². The highest BCUT2D eigenvalue weighted by Crippen LogP contribution is 1.96. The molecule has 4 heteroatoms. The van der Waals surface area contributed by atoms with E-state index in [2.05, 4.69) is 5.32 Å². The van der Waals surface area contributed by atoms with Gasteiger partial charge in [0.1, 0.15) is 0 Å². The smallest absolute Gasteiger partial charge is 0.192 e. The minimum absolute atomic E-state index is 0.329. The van der Waals surface area contributed by atoms with Crippen LogP contribution >= 0.6 is 0 Å². The summed E-state index contributed by atoms with van der Waals surface area (Å²) >= 11 is 0. The standard InChI is InChI=1S/C6H12N4/c7-5-9-6(8)10-3-1-2-4-10/h1-2H,3-5,7H2,(H2,8,9). The van der Waals surface area contributed by atoms with Crippen molar-refractivity contribution in [2.45, 2.75) is 0 Å². The molecule has 0 amide bonds. The summed E-state index contributed by atoms with van der Waals surface area (Å²) in [6.45, 7) is 1.98. The lowest BCUT2D eigenvalue weighted by Gasteiger charge is -2.18. The summed E-state index contributed by atoms with van der Waals surface area (Å²) in [4.78, 5) is 1.90. The molecule has 1 aliphatic heterocycles. The Kier molecular flexibility index (Phi) is 2.28. The van der Waals surface area contributed by atoms with Gasteiger partial charge in [0.05, 0.1) is 6.67 Å². The van der Waals surface area contributed by atoms with Gasteiger partial charge in [-0.15, -0.1) is 0 Å². The molecule has 0 spiro atoms. The van der Waals surface area contributed by atoms with Crippen LogP contribution in [-0.4, -0.2) is 30.6 Å². The Bertz CT molecular complexity index is 144. The molecule has 0 unspecified atom stereocenters. The highest BCUT2D eigenvalue weighted by molar-refractivity contribution is 5.77. The average Bonchev–Trinajstić information content (AvgIpc) is 2.38. The molecule has 0 fully saturated rings. The summed E-state index contributed by atoms with van der Waals surface area (Å²) in [5.74, 6) is 0.410. The quantitative estimate of drug-likeness (QED) is 0.195. The maximum Gasteiger partial charge on any atom is 0.192 e. The lowest BCUT2D eigenvalue weighted by atomic mass is 10.6. The minimum atomic E-state index is 0.329. The Morgan fingerprint density at radius 2 is 2.20 bits per heavy atom. The van der Waals surface area contributed by atoms with Crippen molar-refractivity contribution in [2.75, 3.05) is 19.8 Å². The minimum Gasteiger partial charge on any atom is -0.344 e. The van der Waals surface area contributed by atoms with Crippen LogP contribution in [0.1, 0.15) is 0 Å². The van der Waals surface area contributed by atoms with Crippen LogP contribution in [0.15, 0.2) is 12.2 Å². The number of nitrogens with zero attached hydrogens (tertiary/aromatic N) is 1. The first-order valence-electron chi connectivity index (χ1n) is 3.27.